The summed E-state index contributed by atoms with van der Waals surface area (Å²) in [5, 5.41) is 5.28. The minimum absolute atomic E-state index is 0.0186. The molecule has 6 nitrogen and oxygen atoms in total. The Morgan fingerprint density at radius 2 is 1.62 bits per heavy atom. The fourth-order valence-corrected chi connectivity index (χ4v) is 3.77. The first-order valence-electron chi connectivity index (χ1n) is 10.6. The lowest BCUT2D eigenvalue weighted by molar-refractivity contribution is -0.137. The molecular formula is C26H26N2O4. The summed E-state index contributed by atoms with van der Waals surface area (Å²) >= 11 is 0. The normalized spacial score (nSPS) is 14.1. The van der Waals surface area contributed by atoms with Gasteiger partial charge in [-0.05, 0) is 43.0 Å². The molecule has 3 aromatic rings. The van der Waals surface area contributed by atoms with E-state index in [1.165, 1.54) is 4.90 Å². The second-order valence-electron chi connectivity index (χ2n) is 7.81. The molecule has 2 amide bonds. The topological polar surface area (TPSA) is 67.9 Å². The summed E-state index contributed by atoms with van der Waals surface area (Å²) < 4.78 is 10.8. The van der Waals surface area contributed by atoms with E-state index in [4.69, 9.17) is 9.47 Å². The quantitative estimate of drug-likeness (QED) is 0.534. The summed E-state index contributed by atoms with van der Waals surface area (Å²) in [7, 11) is 1.59. The smallest absolute Gasteiger partial charge is 0.278 e. The molecule has 164 valence electrons. The van der Waals surface area contributed by atoms with Crippen LogP contribution in [-0.4, -0.2) is 43.1 Å². The lowest BCUT2D eigenvalue weighted by atomic mass is 10.0. The lowest BCUT2D eigenvalue weighted by Gasteiger charge is -2.16. The van der Waals surface area contributed by atoms with E-state index in [1.807, 2.05) is 56.3 Å². The molecule has 0 unspecified atom stereocenters. The number of hydrogen-bond donors (Lipinski definition) is 1. The van der Waals surface area contributed by atoms with Crippen molar-refractivity contribution in [2.24, 2.45) is 0 Å². The second-order valence-corrected chi connectivity index (χ2v) is 7.81. The minimum Gasteiger partial charge on any atom is -0.497 e. The third-order valence-electron chi connectivity index (χ3n) is 5.36. The summed E-state index contributed by atoms with van der Waals surface area (Å²) in [6.45, 7) is 4.31. The van der Waals surface area contributed by atoms with Crippen LogP contribution in [-0.2, 0) is 14.3 Å². The van der Waals surface area contributed by atoms with Gasteiger partial charge in [-0.3, -0.25) is 14.5 Å². The minimum atomic E-state index is -0.360. The molecule has 0 aromatic heterocycles. The average molecular weight is 431 g/mol. The highest BCUT2D eigenvalue weighted by molar-refractivity contribution is 6.36. The molecule has 1 aliphatic rings. The molecule has 0 saturated heterocycles. The summed E-state index contributed by atoms with van der Waals surface area (Å²) in [5.41, 5.74) is 2.03. The number of carbonyl (C=O) groups excluding carboxylic acids is 2. The number of nitrogens with one attached hydrogen (secondary N) is 1. The zero-order valence-electron chi connectivity index (χ0n) is 18.4. The molecule has 0 atom stereocenters. The van der Waals surface area contributed by atoms with E-state index >= 15 is 0 Å². The van der Waals surface area contributed by atoms with Crippen LogP contribution >= 0.6 is 0 Å². The third kappa shape index (κ3) is 4.22. The molecule has 0 radical (unpaired) electrons. The average Bonchev–Trinajstić information content (AvgIpc) is 3.03. The van der Waals surface area contributed by atoms with Crippen LogP contribution < -0.4 is 10.1 Å². The molecule has 0 spiro atoms. The first-order valence-corrected chi connectivity index (χ1v) is 10.6. The first-order chi connectivity index (χ1) is 15.5. The van der Waals surface area contributed by atoms with Gasteiger partial charge in [0.15, 0.2) is 0 Å². The number of benzene rings is 3. The zero-order chi connectivity index (χ0) is 22.7. The van der Waals surface area contributed by atoms with Crippen LogP contribution in [0.15, 0.2) is 72.4 Å². The number of rotatable bonds is 8. The van der Waals surface area contributed by atoms with Crippen LogP contribution in [0.25, 0.3) is 16.3 Å². The molecule has 1 heterocycles. The van der Waals surface area contributed by atoms with Crippen molar-refractivity contribution in [1.82, 2.24) is 4.90 Å². The van der Waals surface area contributed by atoms with E-state index in [0.29, 0.717) is 16.9 Å². The van der Waals surface area contributed by atoms with Crippen molar-refractivity contribution in [2.45, 2.75) is 20.0 Å². The van der Waals surface area contributed by atoms with Crippen molar-refractivity contribution in [3.8, 4) is 5.75 Å². The number of methoxy groups -OCH3 is 1. The number of hydrogen-bond acceptors (Lipinski definition) is 5. The van der Waals surface area contributed by atoms with E-state index in [1.54, 1.807) is 31.4 Å². The standard InChI is InChI=1S/C26H26N2O4/c1-17(2)32-16-15-28-25(29)23(19-11-13-20(31-3)14-12-19)24(26(28)30)27-22-10-6-8-18-7-4-5-9-21(18)22/h4-14,17,27H,15-16H2,1-3H3. The SMILES string of the molecule is COc1ccc(C2=C(Nc3cccc4ccccc34)C(=O)N(CCOC(C)C)C2=O)cc1. The summed E-state index contributed by atoms with van der Waals surface area (Å²) in [6, 6.07) is 20.9. The van der Waals surface area contributed by atoms with Crippen LogP contribution in [0.4, 0.5) is 5.69 Å². The molecule has 32 heavy (non-hydrogen) atoms. The number of anilines is 1. The summed E-state index contributed by atoms with van der Waals surface area (Å²) in [5.74, 6) is -0.0201. The van der Waals surface area contributed by atoms with Gasteiger partial charge < -0.3 is 14.8 Å². The Kier molecular flexibility index (Phi) is 6.23. The van der Waals surface area contributed by atoms with Crippen molar-refractivity contribution in [3.63, 3.8) is 0 Å². The van der Waals surface area contributed by atoms with Crippen molar-refractivity contribution >= 4 is 33.8 Å². The molecule has 0 fully saturated rings. The Balaban J connectivity index is 1.74. The highest BCUT2D eigenvalue weighted by atomic mass is 16.5. The monoisotopic (exact) mass is 430 g/mol. The van der Waals surface area contributed by atoms with Gasteiger partial charge in [0.05, 0.1) is 31.9 Å². The largest absolute Gasteiger partial charge is 0.497 e. The Hall–Kier alpha value is -3.64. The Morgan fingerprint density at radius 3 is 2.34 bits per heavy atom. The van der Waals surface area contributed by atoms with Gasteiger partial charge in [-0.2, -0.15) is 0 Å². The molecule has 0 saturated carbocycles. The predicted molar refractivity (Wildman–Crippen MR) is 125 cm³/mol. The van der Waals surface area contributed by atoms with E-state index < -0.39 is 0 Å². The summed E-state index contributed by atoms with van der Waals surface area (Å²) in [4.78, 5) is 27.9. The second kappa shape index (κ2) is 9.24. The molecule has 0 aliphatic carbocycles. The molecular weight excluding hydrogens is 404 g/mol. The van der Waals surface area contributed by atoms with Crippen LogP contribution in [0, 0.1) is 0 Å². The highest BCUT2D eigenvalue weighted by Crippen LogP contribution is 2.33. The fourth-order valence-electron chi connectivity index (χ4n) is 3.77. The van der Waals surface area contributed by atoms with E-state index in [9.17, 15) is 9.59 Å². The Labute approximate surface area is 187 Å². The number of amides is 2. The molecule has 1 aliphatic heterocycles. The van der Waals surface area contributed by atoms with E-state index in [-0.39, 0.29) is 36.8 Å². The van der Waals surface area contributed by atoms with Gasteiger partial charge in [-0.1, -0.05) is 48.5 Å². The maximum Gasteiger partial charge on any atom is 0.278 e. The molecule has 4 rings (SSSR count). The van der Waals surface area contributed by atoms with Gasteiger partial charge in [-0.15, -0.1) is 0 Å². The number of ether oxygens (including phenoxy) is 2. The molecule has 6 heteroatoms. The number of imide groups is 1. The van der Waals surface area contributed by atoms with Crippen molar-refractivity contribution in [3.05, 3.63) is 78.0 Å². The van der Waals surface area contributed by atoms with Gasteiger partial charge in [0.2, 0.25) is 0 Å². The van der Waals surface area contributed by atoms with E-state index in [0.717, 1.165) is 16.5 Å². The van der Waals surface area contributed by atoms with E-state index in [2.05, 4.69) is 5.32 Å². The van der Waals surface area contributed by atoms with Gasteiger partial charge >= 0.3 is 0 Å². The van der Waals surface area contributed by atoms with Crippen LogP contribution in [0.2, 0.25) is 0 Å². The maximum absolute atomic E-state index is 13.3. The van der Waals surface area contributed by atoms with Crippen LogP contribution in [0.3, 0.4) is 0 Å². The van der Waals surface area contributed by atoms with Gasteiger partial charge in [-0.25, -0.2) is 0 Å². The van der Waals surface area contributed by atoms with Crippen LogP contribution in [0.5, 0.6) is 5.75 Å². The van der Waals surface area contributed by atoms with Gasteiger partial charge in [0.1, 0.15) is 11.4 Å². The van der Waals surface area contributed by atoms with Gasteiger partial charge in [0.25, 0.3) is 11.8 Å². The first kappa shape index (κ1) is 21.6. The lowest BCUT2D eigenvalue weighted by Crippen LogP contribution is -2.35. The molecule has 0 bridgehead atoms. The Bertz CT molecular complexity index is 1180. The fraction of sp³-hybridized carbons (Fsp3) is 0.231. The van der Waals surface area contributed by atoms with Crippen molar-refractivity contribution < 1.29 is 19.1 Å². The number of nitrogens with zero attached hydrogens (tertiary/aromatic N) is 1. The number of carbonyl (C=O) groups is 2. The Morgan fingerprint density at radius 1 is 0.906 bits per heavy atom. The summed E-state index contributed by atoms with van der Waals surface area (Å²) in [6.07, 6.45) is 0.0186. The highest BCUT2D eigenvalue weighted by Gasteiger charge is 2.39. The van der Waals surface area contributed by atoms with Crippen LogP contribution in [0.1, 0.15) is 19.4 Å². The zero-order valence-corrected chi connectivity index (χ0v) is 18.4. The van der Waals surface area contributed by atoms with Crippen molar-refractivity contribution in [1.29, 1.82) is 0 Å². The number of fused-ring (bicyclic) bond motifs is 1. The molecule has 1 N–H and O–H groups in total. The predicted octanol–water partition coefficient (Wildman–Crippen LogP) is 4.47. The van der Waals surface area contributed by atoms with Crippen molar-refractivity contribution in [2.75, 3.05) is 25.6 Å². The maximum atomic E-state index is 13.3. The third-order valence-corrected chi connectivity index (χ3v) is 5.36. The van der Waals surface area contributed by atoms with Gasteiger partial charge in [0, 0.05) is 11.1 Å². The molecule has 3 aromatic carbocycles.